The molecule has 0 aliphatic rings. The summed E-state index contributed by atoms with van der Waals surface area (Å²) in [7, 11) is 3.06. The summed E-state index contributed by atoms with van der Waals surface area (Å²) in [5.74, 6) is 0.565. The fourth-order valence-corrected chi connectivity index (χ4v) is 4.95. The van der Waals surface area contributed by atoms with Gasteiger partial charge in [-0.05, 0) is 72.2 Å². The number of carbonyl (C=O) groups excluding carboxylic acids is 3. The lowest BCUT2D eigenvalue weighted by Gasteiger charge is -2.13. The van der Waals surface area contributed by atoms with Gasteiger partial charge in [-0.3, -0.25) is 14.4 Å². The van der Waals surface area contributed by atoms with Gasteiger partial charge in [-0.15, -0.1) is 11.8 Å². The Balaban J connectivity index is 1.47. The number of nitrogens with one attached hydrogen (secondary N) is 3. The predicted octanol–water partition coefficient (Wildman–Crippen LogP) is 6.97. The molecule has 0 aromatic heterocycles. The summed E-state index contributed by atoms with van der Waals surface area (Å²) in [6, 6.07) is 28.8. The van der Waals surface area contributed by atoms with Gasteiger partial charge in [-0.25, -0.2) is 0 Å². The van der Waals surface area contributed by atoms with Crippen LogP contribution >= 0.6 is 11.8 Å². The molecule has 0 saturated carbocycles. The highest BCUT2D eigenvalue weighted by Gasteiger charge is 2.17. The number of methoxy groups -OCH3 is 2. The van der Waals surface area contributed by atoms with E-state index in [1.54, 1.807) is 79.9 Å². The number of hydrogen-bond acceptors (Lipinski definition) is 6. The largest absolute Gasteiger partial charge is 0.497 e. The van der Waals surface area contributed by atoms with Crippen molar-refractivity contribution in [1.29, 1.82) is 0 Å². The van der Waals surface area contributed by atoms with Gasteiger partial charge in [0.25, 0.3) is 11.8 Å². The van der Waals surface area contributed by atoms with Crippen LogP contribution in [-0.2, 0) is 9.59 Å². The second kappa shape index (κ2) is 15.5. The number of carbonyl (C=O) groups is 3. The highest BCUT2D eigenvalue weighted by atomic mass is 32.2. The number of benzene rings is 4. The van der Waals surface area contributed by atoms with Crippen LogP contribution in [0, 0.1) is 0 Å². The van der Waals surface area contributed by atoms with Gasteiger partial charge in [0.1, 0.15) is 17.2 Å². The van der Waals surface area contributed by atoms with E-state index in [2.05, 4.69) is 29.8 Å². The van der Waals surface area contributed by atoms with Crippen LogP contribution in [0.4, 0.5) is 11.4 Å². The van der Waals surface area contributed by atoms with Crippen molar-refractivity contribution in [2.24, 2.45) is 0 Å². The van der Waals surface area contributed by atoms with Crippen molar-refractivity contribution in [1.82, 2.24) is 5.32 Å². The van der Waals surface area contributed by atoms with Crippen LogP contribution in [0.1, 0.15) is 41.3 Å². The van der Waals surface area contributed by atoms with Crippen molar-refractivity contribution >= 4 is 46.9 Å². The van der Waals surface area contributed by atoms with E-state index in [1.165, 1.54) is 24.4 Å². The Morgan fingerprint density at radius 2 is 1.55 bits per heavy atom. The average molecular weight is 610 g/mol. The summed E-state index contributed by atoms with van der Waals surface area (Å²) in [5.41, 5.74) is 3.44. The molecule has 4 aromatic carbocycles. The fourth-order valence-electron chi connectivity index (χ4n) is 4.19. The minimum atomic E-state index is -0.531. The summed E-state index contributed by atoms with van der Waals surface area (Å²) >= 11 is 1.35. The summed E-state index contributed by atoms with van der Waals surface area (Å²) in [4.78, 5) is 39.9. The SMILES string of the molecule is COc1ccc(/C=C(/NC(=O)c2ccccc2)C(=O)Nc2cccc(SCC(=O)Nc3ccc(C(C)C)cc3)c2)c(OC)c1. The van der Waals surface area contributed by atoms with E-state index < -0.39 is 11.8 Å². The molecule has 4 aromatic rings. The molecule has 0 fully saturated rings. The standard InChI is InChI=1S/C35H35N3O5S/c1-23(2)24-13-16-27(17-14-24)36-33(39)22-44-30-12-8-11-28(20-30)37-35(41)31(38-34(40)25-9-6-5-7-10-25)19-26-15-18-29(42-3)21-32(26)43-4/h5-21,23H,22H2,1-4H3,(H,36,39)(H,37,41)(H,38,40)/b31-19+. The highest BCUT2D eigenvalue weighted by Crippen LogP contribution is 2.27. The highest BCUT2D eigenvalue weighted by molar-refractivity contribution is 8.00. The number of hydrogen-bond donors (Lipinski definition) is 3. The molecule has 44 heavy (non-hydrogen) atoms. The van der Waals surface area contributed by atoms with Crippen molar-refractivity contribution in [2.45, 2.75) is 24.7 Å². The fraction of sp³-hybridized carbons (Fsp3) is 0.171. The van der Waals surface area contributed by atoms with Gasteiger partial charge >= 0.3 is 0 Å². The van der Waals surface area contributed by atoms with E-state index in [9.17, 15) is 14.4 Å². The number of rotatable bonds is 12. The Morgan fingerprint density at radius 1 is 0.795 bits per heavy atom. The molecule has 0 heterocycles. The molecule has 0 bridgehead atoms. The van der Waals surface area contributed by atoms with Crippen LogP contribution < -0.4 is 25.4 Å². The van der Waals surface area contributed by atoms with Gasteiger partial charge in [0, 0.05) is 33.5 Å². The molecule has 9 heteroatoms. The molecule has 0 radical (unpaired) electrons. The van der Waals surface area contributed by atoms with Crippen LogP contribution in [0.15, 0.2) is 108 Å². The maximum absolute atomic E-state index is 13.5. The van der Waals surface area contributed by atoms with Gasteiger partial charge in [0.2, 0.25) is 5.91 Å². The van der Waals surface area contributed by atoms with E-state index in [1.807, 2.05) is 30.3 Å². The van der Waals surface area contributed by atoms with E-state index in [-0.39, 0.29) is 17.4 Å². The van der Waals surface area contributed by atoms with Crippen molar-refractivity contribution in [3.05, 3.63) is 119 Å². The molecule has 0 aliphatic heterocycles. The molecule has 0 atom stereocenters. The lowest BCUT2D eigenvalue weighted by atomic mass is 10.0. The lowest BCUT2D eigenvalue weighted by molar-refractivity contribution is -0.114. The third kappa shape index (κ3) is 8.99. The summed E-state index contributed by atoms with van der Waals surface area (Å²) in [6.07, 6.45) is 1.55. The van der Waals surface area contributed by atoms with Crippen LogP contribution in [0.3, 0.4) is 0 Å². The van der Waals surface area contributed by atoms with Gasteiger partial charge in [-0.1, -0.05) is 50.2 Å². The van der Waals surface area contributed by atoms with Crippen molar-refractivity contribution in [3.8, 4) is 11.5 Å². The third-order valence-electron chi connectivity index (χ3n) is 6.59. The molecule has 3 N–H and O–H groups in total. The molecule has 0 spiro atoms. The minimum absolute atomic E-state index is 0.0169. The molecule has 3 amide bonds. The molecule has 0 saturated heterocycles. The monoisotopic (exact) mass is 609 g/mol. The zero-order chi connectivity index (χ0) is 31.5. The first-order chi connectivity index (χ1) is 21.2. The third-order valence-corrected chi connectivity index (χ3v) is 7.59. The zero-order valence-corrected chi connectivity index (χ0v) is 25.9. The van der Waals surface area contributed by atoms with Gasteiger partial charge < -0.3 is 25.4 Å². The molecule has 0 aliphatic carbocycles. The summed E-state index contributed by atoms with van der Waals surface area (Å²) in [6.45, 7) is 4.24. The van der Waals surface area contributed by atoms with Gasteiger partial charge in [0.05, 0.1) is 20.0 Å². The second-order valence-corrected chi connectivity index (χ2v) is 11.1. The molecular weight excluding hydrogens is 574 g/mol. The normalized spacial score (nSPS) is 11.1. The van der Waals surface area contributed by atoms with E-state index in [0.717, 1.165) is 10.6 Å². The Bertz CT molecular complexity index is 1640. The van der Waals surface area contributed by atoms with Crippen LogP contribution in [0.25, 0.3) is 6.08 Å². The van der Waals surface area contributed by atoms with Crippen LogP contribution in [0.5, 0.6) is 11.5 Å². The summed E-state index contributed by atoms with van der Waals surface area (Å²) in [5, 5.41) is 8.51. The molecule has 4 rings (SSSR count). The minimum Gasteiger partial charge on any atom is -0.497 e. The molecule has 8 nitrogen and oxygen atoms in total. The zero-order valence-electron chi connectivity index (χ0n) is 25.0. The van der Waals surface area contributed by atoms with E-state index >= 15 is 0 Å². The first-order valence-corrected chi connectivity index (χ1v) is 15.0. The maximum atomic E-state index is 13.5. The maximum Gasteiger partial charge on any atom is 0.272 e. The quantitative estimate of drug-likeness (QED) is 0.118. The molecular formula is C35H35N3O5S. The molecule has 0 unspecified atom stereocenters. The van der Waals surface area contributed by atoms with Crippen molar-refractivity contribution in [3.63, 3.8) is 0 Å². The Hall–Kier alpha value is -5.02. The average Bonchev–Trinajstić information content (AvgIpc) is 3.04. The number of ether oxygens (including phenoxy) is 2. The van der Waals surface area contributed by atoms with Crippen molar-refractivity contribution in [2.75, 3.05) is 30.6 Å². The first kappa shape index (κ1) is 31.9. The van der Waals surface area contributed by atoms with Crippen LogP contribution in [-0.4, -0.2) is 37.7 Å². The van der Waals surface area contributed by atoms with Crippen LogP contribution in [0.2, 0.25) is 0 Å². The van der Waals surface area contributed by atoms with Gasteiger partial charge in [0.15, 0.2) is 0 Å². The second-order valence-electron chi connectivity index (χ2n) is 10.1. The topological polar surface area (TPSA) is 106 Å². The Labute approximate surface area is 261 Å². The number of thioether (sulfide) groups is 1. The van der Waals surface area contributed by atoms with Gasteiger partial charge in [-0.2, -0.15) is 0 Å². The summed E-state index contributed by atoms with van der Waals surface area (Å²) < 4.78 is 10.8. The number of anilines is 2. The predicted molar refractivity (Wildman–Crippen MR) is 176 cm³/mol. The Morgan fingerprint density at radius 3 is 2.23 bits per heavy atom. The van der Waals surface area contributed by atoms with Crippen molar-refractivity contribution < 1.29 is 23.9 Å². The lowest BCUT2D eigenvalue weighted by Crippen LogP contribution is -2.30. The number of amides is 3. The smallest absolute Gasteiger partial charge is 0.272 e. The first-order valence-electron chi connectivity index (χ1n) is 14.0. The van der Waals surface area contributed by atoms with E-state index in [0.29, 0.717) is 34.2 Å². The molecule has 226 valence electrons. The Kier molecular flexibility index (Phi) is 11.2. The van der Waals surface area contributed by atoms with E-state index in [4.69, 9.17) is 9.47 Å².